The van der Waals surface area contributed by atoms with Crippen LogP contribution in [0.5, 0.6) is 0 Å². The summed E-state index contributed by atoms with van der Waals surface area (Å²) < 4.78 is 27.5. The Balaban J connectivity index is 2.21. The summed E-state index contributed by atoms with van der Waals surface area (Å²) in [6, 6.07) is 2.85. The fraction of sp³-hybridized carbons (Fsp3) is 0.571. The highest BCUT2D eigenvalue weighted by atomic mass is 35.5. The third-order valence-corrected chi connectivity index (χ3v) is 6.05. The van der Waals surface area contributed by atoms with Gasteiger partial charge in [-0.05, 0) is 50.3 Å². The summed E-state index contributed by atoms with van der Waals surface area (Å²) in [6.07, 6.45) is 4.53. The van der Waals surface area contributed by atoms with Crippen molar-refractivity contribution in [2.45, 2.75) is 50.5 Å². The first-order valence-corrected chi connectivity index (χ1v) is 8.75. The molecule has 0 radical (unpaired) electrons. The summed E-state index contributed by atoms with van der Waals surface area (Å²) in [4.78, 5) is 0.135. The topological polar surface area (TPSA) is 72.2 Å². The highest BCUT2D eigenvalue weighted by Gasteiger charge is 2.26. The van der Waals surface area contributed by atoms with E-state index < -0.39 is 10.0 Å². The fourth-order valence-corrected chi connectivity index (χ4v) is 4.36. The SMILES string of the molecule is Cc1c(N)cc(S(=O)(=O)NC(C)C2CCCC2)cc1Cl. The van der Waals surface area contributed by atoms with Gasteiger partial charge in [-0.25, -0.2) is 13.1 Å². The molecule has 1 aromatic rings. The summed E-state index contributed by atoms with van der Waals surface area (Å²) >= 11 is 6.02. The van der Waals surface area contributed by atoms with Gasteiger partial charge in [0.1, 0.15) is 0 Å². The number of sulfonamides is 1. The van der Waals surface area contributed by atoms with Gasteiger partial charge in [0.2, 0.25) is 10.0 Å². The lowest BCUT2D eigenvalue weighted by Crippen LogP contribution is -2.37. The van der Waals surface area contributed by atoms with Gasteiger partial charge in [-0.15, -0.1) is 0 Å². The summed E-state index contributed by atoms with van der Waals surface area (Å²) in [5.41, 5.74) is 6.89. The van der Waals surface area contributed by atoms with Gasteiger partial charge in [0.15, 0.2) is 0 Å². The zero-order valence-corrected chi connectivity index (χ0v) is 13.4. The van der Waals surface area contributed by atoms with Crippen molar-refractivity contribution in [3.8, 4) is 0 Å². The predicted molar refractivity (Wildman–Crippen MR) is 82.3 cm³/mol. The van der Waals surface area contributed by atoms with Crippen molar-refractivity contribution >= 4 is 27.3 Å². The first-order valence-electron chi connectivity index (χ1n) is 6.89. The second kappa shape index (κ2) is 5.92. The van der Waals surface area contributed by atoms with Crippen LogP contribution in [0.15, 0.2) is 17.0 Å². The summed E-state index contributed by atoms with van der Waals surface area (Å²) in [7, 11) is -3.57. The summed E-state index contributed by atoms with van der Waals surface area (Å²) in [5, 5.41) is 0.374. The minimum Gasteiger partial charge on any atom is -0.398 e. The Morgan fingerprint density at radius 1 is 1.35 bits per heavy atom. The fourth-order valence-electron chi connectivity index (χ4n) is 2.70. The van der Waals surface area contributed by atoms with Crippen LogP contribution in [0.2, 0.25) is 5.02 Å². The molecule has 1 saturated carbocycles. The van der Waals surface area contributed by atoms with Crippen LogP contribution in [0, 0.1) is 12.8 Å². The van der Waals surface area contributed by atoms with Gasteiger partial charge in [0.05, 0.1) is 4.90 Å². The van der Waals surface area contributed by atoms with Crippen molar-refractivity contribution in [1.29, 1.82) is 0 Å². The third kappa shape index (κ3) is 3.27. The van der Waals surface area contributed by atoms with Crippen molar-refractivity contribution < 1.29 is 8.42 Å². The molecule has 1 aliphatic carbocycles. The summed E-state index contributed by atoms with van der Waals surface area (Å²) in [6.45, 7) is 3.69. The van der Waals surface area contributed by atoms with Gasteiger partial charge in [-0.3, -0.25) is 0 Å². The Morgan fingerprint density at radius 3 is 2.50 bits per heavy atom. The van der Waals surface area contributed by atoms with Gasteiger partial charge in [-0.1, -0.05) is 24.4 Å². The maximum atomic E-state index is 12.4. The van der Waals surface area contributed by atoms with Crippen LogP contribution in [-0.4, -0.2) is 14.5 Å². The molecular weight excluding hydrogens is 296 g/mol. The molecule has 0 aromatic heterocycles. The second-order valence-electron chi connectivity index (χ2n) is 5.57. The highest BCUT2D eigenvalue weighted by molar-refractivity contribution is 7.89. The Kier molecular flexibility index (Phi) is 4.62. The molecule has 1 aromatic carbocycles. The molecule has 112 valence electrons. The molecule has 3 N–H and O–H groups in total. The molecule has 20 heavy (non-hydrogen) atoms. The molecule has 0 saturated heterocycles. The lowest BCUT2D eigenvalue weighted by Gasteiger charge is -2.20. The molecule has 0 aliphatic heterocycles. The zero-order valence-electron chi connectivity index (χ0n) is 11.8. The Morgan fingerprint density at radius 2 is 1.95 bits per heavy atom. The quantitative estimate of drug-likeness (QED) is 0.838. The number of halogens is 1. The molecule has 1 aliphatic rings. The molecule has 0 heterocycles. The van der Waals surface area contributed by atoms with Crippen molar-refractivity contribution in [3.63, 3.8) is 0 Å². The van der Waals surface area contributed by atoms with Crippen LogP contribution in [0.25, 0.3) is 0 Å². The summed E-state index contributed by atoms with van der Waals surface area (Å²) in [5.74, 6) is 0.419. The molecular formula is C14H21ClN2O2S. The highest BCUT2D eigenvalue weighted by Crippen LogP contribution is 2.29. The molecule has 0 amide bonds. The van der Waals surface area contributed by atoms with Crippen molar-refractivity contribution in [3.05, 3.63) is 22.7 Å². The second-order valence-corrected chi connectivity index (χ2v) is 7.70. The van der Waals surface area contributed by atoms with E-state index in [1.165, 1.54) is 25.0 Å². The Bertz CT molecular complexity index is 572. The number of hydrogen-bond acceptors (Lipinski definition) is 3. The number of anilines is 1. The molecule has 4 nitrogen and oxygen atoms in total. The van der Waals surface area contributed by atoms with E-state index >= 15 is 0 Å². The molecule has 2 rings (SSSR count). The van der Waals surface area contributed by atoms with E-state index in [9.17, 15) is 8.42 Å². The van der Waals surface area contributed by atoms with E-state index in [1.807, 2.05) is 6.92 Å². The lowest BCUT2D eigenvalue weighted by molar-refractivity contribution is 0.424. The number of nitrogens with two attached hydrogens (primary N) is 1. The van der Waals surface area contributed by atoms with Crippen LogP contribution in [0.1, 0.15) is 38.2 Å². The molecule has 0 spiro atoms. The van der Waals surface area contributed by atoms with Crippen LogP contribution >= 0.6 is 11.6 Å². The van der Waals surface area contributed by atoms with Crippen LogP contribution in [0.4, 0.5) is 5.69 Å². The van der Waals surface area contributed by atoms with Gasteiger partial charge in [0.25, 0.3) is 0 Å². The number of rotatable bonds is 4. The number of nitrogen functional groups attached to an aromatic ring is 1. The van der Waals surface area contributed by atoms with E-state index in [4.69, 9.17) is 17.3 Å². The lowest BCUT2D eigenvalue weighted by atomic mass is 10.0. The monoisotopic (exact) mass is 316 g/mol. The smallest absolute Gasteiger partial charge is 0.240 e. The van der Waals surface area contributed by atoms with Crippen molar-refractivity contribution in [1.82, 2.24) is 4.72 Å². The number of nitrogens with one attached hydrogen (secondary N) is 1. The minimum atomic E-state index is -3.57. The van der Waals surface area contributed by atoms with E-state index in [1.54, 1.807) is 6.92 Å². The zero-order chi connectivity index (χ0) is 14.9. The molecule has 0 bridgehead atoms. The van der Waals surface area contributed by atoms with Gasteiger partial charge in [0, 0.05) is 16.8 Å². The van der Waals surface area contributed by atoms with Gasteiger partial charge < -0.3 is 5.73 Å². The van der Waals surface area contributed by atoms with Gasteiger partial charge in [-0.2, -0.15) is 0 Å². The molecule has 1 fully saturated rings. The van der Waals surface area contributed by atoms with E-state index in [-0.39, 0.29) is 10.9 Å². The predicted octanol–water partition coefficient (Wildman–Crippen LogP) is 3.09. The maximum absolute atomic E-state index is 12.4. The van der Waals surface area contributed by atoms with Crippen LogP contribution in [0.3, 0.4) is 0 Å². The average molecular weight is 317 g/mol. The molecule has 1 unspecified atom stereocenters. The minimum absolute atomic E-state index is 0.0659. The number of benzene rings is 1. The Labute approximate surface area is 125 Å². The van der Waals surface area contributed by atoms with E-state index in [0.29, 0.717) is 22.2 Å². The average Bonchev–Trinajstić information content (AvgIpc) is 2.88. The first kappa shape index (κ1) is 15.6. The van der Waals surface area contributed by atoms with Crippen LogP contribution in [-0.2, 0) is 10.0 Å². The van der Waals surface area contributed by atoms with Crippen molar-refractivity contribution in [2.75, 3.05) is 5.73 Å². The number of hydrogen-bond donors (Lipinski definition) is 2. The van der Waals surface area contributed by atoms with Crippen LogP contribution < -0.4 is 10.5 Å². The largest absolute Gasteiger partial charge is 0.398 e. The standard InChI is InChI=1S/C14H21ClN2O2S/c1-9-13(15)7-12(8-14(9)16)20(18,19)17-10(2)11-5-3-4-6-11/h7-8,10-11,17H,3-6,16H2,1-2H3. The Hall–Kier alpha value is -0.780. The van der Waals surface area contributed by atoms with E-state index in [2.05, 4.69) is 4.72 Å². The first-order chi connectivity index (χ1) is 9.31. The normalized spacial score (nSPS) is 18.4. The maximum Gasteiger partial charge on any atom is 0.240 e. The van der Waals surface area contributed by atoms with Crippen molar-refractivity contribution in [2.24, 2.45) is 5.92 Å². The molecule has 1 atom stereocenters. The van der Waals surface area contributed by atoms with E-state index in [0.717, 1.165) is 12.8 Å². The third-order valence-electron chi connectivity index (χ3n) is 4.12. The molecule has 6 heteroatoms. The van der Waals surface area contributed by atoms with Gasteiger partial charge >= 0.3 is 0 Å².